The maximum absolute atomic E-state index is 13.5. The fraction of sp³-hybridized carbons (Fsp3) is 0.333. The van der Waals surface area contributed by atoms with Gasteiger partial charge in [0.25, 0.3) is 0 Å². The molecule has 25 heavy (non-hydrogen) atoms. The Labute approximate surface area is 166 Å². The van der Waals surface area contributed by atoms with Crippen LogP contribution < -0.4 is 5.73 Å². The van der Waals surface area contributed by atoms with E-state index >= 15 is 0 Å². The van der Waals surface area contributed by atoms with Gasteiger partial charge in [-0.1, -0.05) is 6.07 Å². The van der Waals surface area contributed by atoms with Crippen LogP contribution in [-0.2, 0) is 21.0 Å². The van der Waals surface area contributed by atoms with Gasteiger partial charge in [0.1, 0.15) is 10.6 Å². The van der Waals surface area contributed by atoms with Gasteiger partial charge < -0.3 is 5.73 Å². The monoisotopic (exact) mass is 493 g/mol. The van der Waals surface area contributed by atoms with Crippen molar-refractivity contribution >= 4 is 44.8 Å². The Hall–Kier alpha value is -0.700. The van der Waals surface area contributed by atoms with E-state index in [0.717, 1.165) is 27.5 Å². The Morgan fingerprint density at radius 2 is 1.84 bits per heavy atom. The third kappa shape index (κ3) is 2.64. The van der Waals surface area contributed by atoms with Crippen LogP contribution in [0.5, 0.6) is 0 Å². The molecule has 3 atom stereocenters. The van der Waals surface area contributed by atoms with Crippen LogP contribution >= 0.6 is 35.0 Å². The molecule has 7 heteroatoms. The van der Waals surface area contributed by atoms with Gasteiger partial charge in [0, 0.05) is 9.61 Å². The van der Waals surface area contributed by atoms with Crippen molar-refractivity contribution in [3.63, 3.8) is 0 Å². The molecule has 2 aromatic rings. The number of halogens is 3. The number of hydrogen-bond donors (Lipinski definition) is 1. The average molecular weight is 494 g/mol. The van der Waals surface area contributed by atoms with Gasteiger partial charge in [0.2, 0.25) is 0 Å². The predicted molar refractivity (Wildman–Crippen MR) is 106 cm³/mol. The number of hydrogen-bond acceptors (Lipinski definition) is 3. The molecular formula is C18H18ClFINO2S. The summed E-state index contributed by atoms with van der Waals surface area (Å²) in [5.41, 5.74) is 8.15. The minimum absolute atomic E-state index is 0. The van der Waals surface area contributed by atoms with Crippen LogP contribution in [0.2, 0.25) is 0 Å². The summed E-state index contributed by atoms with van der Waals surface area (Å²) in [4.78, 5) is 0.173. The molecule has 1 saturated carbocycles. The summed E-state index contributed by atoms with van der Waals surface area (Å²) < 4.78 is 40.4. The molecule has 134 valence electrons. The van der Waals surface area contributed by atoms with E-state index in [2.05, 4.69) is 28.7 Å². The summed E-state index contributed by atoms with van der Waals surface area (Å²) in [6, 6.07) is 11.0. The molecule has 2 N–H and O–H groups in total. The predicted octanol–water partition coefficient (Wildman–Crippen LogP) is 3.81. The molecule has 0 aromatic heterocycles. The number of fused-ring (bicyclic) bond motifs is 3. The maximum Gasteiger partial charge on any atom is 0.188 e. The van der Waals surface area contributed by atoms with Crippen molar-refractivity contribution in [3.05, 3.63) is 63.0 Å². The number of sulfone groups is 1. The minimum Gasteiger partial charge on any atom is -0.327 e. The van der Waals surface area contributed by atoms with Crippen molar-refractivity contribution in [3.8, 4) is 0 Å². The van der Waals surface area contributed by atoms with Crippen molar-refractivity contribution in [2.75, 3.05) is 0 Å². The van der Waals surface area contributed by atoms with Crippen LogP contribution in [0, 0.1) is 15.3 Å². The zero-order chi connectivity index (χ0) is 17.1. The van der Waals surface area contributed by atoms with Gasteiger partial charge in [-0.15, -0.1) is 12.4 Å². The SMILES string of the molecule is Cl.NC1CC2(S(=O)(=O)c3ccc(F)cc3)c3ccc(I)cc3CCC12. The number of benzene rings is 2. The number of nitrogens with two attached hydrogens (primary N) is 1. The van der Waals surface area contributed by atoms with E-state index in [9.17, 15) is 12.8 Å². The van der Waals surface area contributed by atoms with E-state index in [1.54, 1.807) is 0 Å². The fourth-order valence-corrected chi connectivity index (χ4v) is 7.42. The molecule has 0 heterocycles. The van der Waals surface area contributed by atoms with E-state index in [4.69, 9.17) is 5.73 Å². The van der Waals surface area contributed by atoms with Gasteiger partial charge in [-0.05, 0) is 95.3 Å². The van der Waals surface area contributed by atoms with Crippen molar-refractivity contribution < 1.29 is 12.8 Å². The molecule has 3 unspecified atom stereocenters. The zero-order valence-corrected chi connectivity index (χ0v) is 17.1. The standard InChI is InChI=1S/C18H17FINO2S.ClH/c19-12-2-5-14(6-3-12)24(22,23)18-10-17(21)16(18)7-1-11-9-13(20)4-8-15(11)18;/h2-6,8-9,16-17H,1,7,10,21H2;1H. The van der Waals surface area contributed by atoms with E-state index < -0.39 is 20.4 Å². The molecule has 2 aromatic carbocycles. The second-order valence-corrected chi connectivity index (χ2v) is 10.1. The minimum atomic E-state index is -3.65. The Kier molecular flexibility index (Phi) is 4.94. The largest absolute Gasteiger partial charge is 0.327 e. The highest BCUT2D eigenvalue weighted by Crippen LogP contribution is 2.59. The van der Waals surface area contributed by atoms with Crippen molar-refractivity contribution in [2.24, 2.45) is 11.7 Å². The van der Waals surface area contributed by atoms with Gasteiger partial charge in [-0.25, -0.2) is 12.8 Å². The molecule has 3 nitrogen and oxygen atoms in total. The van der Waals surface area contributed by atoms with E-state index in [1.807, 2.05) is 12.1 Å². The van der Waals surface area contributed by atoms with Crippen LogP contribution in [0.4, 0.5) is 4.39 Å². The smallest absolute Gasteiger partial charge is 0.188 e. The molecule has 1 fully saturated rings. The first kappa shape index (κ1) is 19.1. The number of rotatable bonds is 2. The first-order valence-corrected chi connectivity index (χ1v) is 10.5. The highest BCUT2D eigenvalue weighted by Gasteiger charge is 2.63. The lowest BCUT2D eigenvalue weighted by molar-refractivity contribution is 0.137. The normalized spacial score (nSPS) is 27.5. The van der Waals surface area contributed by atoms with Crippen LogP contribution in [0.1, 0.15) is 24.0 Å². The molecule has 0 aliphatic heterocycles. The maximum atomic E-state index is 13.5. The van der Waals surface area contributed by atoms with Crippen molar-refractivity contribution in [2.45, 2.75) is 34.9 Å². The zero-order valence-electron chi connectivity index (χ0n) is 13.3. The first-order chi connectivity index (χ1) is 11.4. The van der Waals surface area contributed by atoms with E-state index in [1.165, 1.54) is 24.3 Å². The Morgan fingerprint density at radius 1 is 1.16 bits per heavy atom. The Balaban J connectivity index is 0.00000182. The van der Waals surface area contributed by atoms with Gasteiger partial charge >= 0.3 is 0 Å². The molecule has 2 aliphatic rings. The highest BCUT2D eigenvalue weighted by atomic mass is 127. The van der Waals surface area contributed by atoms with Crippen LogP contribution in [0.3, 0.4) is 0 Å². The summed E-state index contributed by atoms with van der Waals surface area (Å²) in [6.45, 7) is 0. The number of aryl methyl sites for hydroxylation is 1. The molecule has 2 aliphatic carbocycles. The van der Waals surface area contributed by atoms with E-state index in [0.29, 0.717) is 6.42 Å². The second-order valence-electron chi connectivity index (χ2n) is 6.66. The molecule has 0 bridgehead atoms. The second kappa shape index (κ2) is 6.48. The topological polar surface area (TPSA) is 60.2 Å². The molecule has 0 radical (unpaired) electrons. The lowest BCUT2D eigenvalue weighted by Crippen LogP contribution is -2.64. The van der Waals surface area contributed by atoms with Gasteiger partial charge in [0.05, 0.1) is 4.90 Å². The molecule has 0 spiro atoms. The average Bonchev–Trinajstić information content (AvgIpc) is 2.53. The van der Waals surface area contributed by atoms with E-state index in [-0.39, 0.29) is 29.3 Å². The summed E-state index contributed by atoms with van der Waals surface area (Å²) in [5, 5.41) is 0. The lowest BCUT2D eigenvalue weighted by atomic mass is 9.59. The first-order valence-electron chi connectivity index (χ1n) is 7.91. The summed E-state index contributed by atoms with van der Waals surface area (Å²) >= 11 is 2.25. The summed E-state index contributed by atoms with van der Waals surface area (Å²) in [5.74, 6) is -0.521. The van der Waals surface area contributed by atoms with Crippen LogP contribution in [-0.4, -0.2) is 14.5 Å². The van der Waals surface area contributed by atoms with Gasteiger partial charge in [-0.2, -0.15) is 0 Å². The van der Waals surface area contributed by atoms with Crippen molar-refractivity contribution in [1.29, 1.82) is 0 Å². The lowest BCUT2D eigenvalue weighted by Gasteiger charge is -2.56. The highest BCUT2D eigenvalue weighted by molar-refractivity contribution is 14.1. The quantitative estimate of drug-likeness (QED) is 0.511. The van der Waals surface area contributed by atoms with Gasteiger partial charge in [0.15, 0.2) is 9.84 Å². The van der Waals surface area contributed by atoms with Gasteiger partial charge in [-0.3, -0.25) is 0 Å². The Bertz CT molecular complexity index is 919. The molecule has 4 rings (SSSR count). The molecular weight excluding hydrogens is 476 g/mol. The Morgan fingerprint density at radius 3 is 2.48 bits per heavy atom. The summed E-state index contributed by atoms with van der Waals surface area (Å²) in [6.07, 6.45) is 2.05. The third-order valence-electron chi connectivity index (χ3n) is 5.51. The molecule has 0 saturated heterocycles. The molecule has 0 amide bonds. The fourth-order valence-electron chi connectivity index (χ4n) is 4.36. The van der Waals surface area contributed by atoms with Crippen LogP contribution in [0.15, 0.2) is 47.4 Å². The van der Waals surface area contributed by atoms with Crippen LogP contribution in [0.25, 0.3) is 0 Å². The third-order valence-corrected chi connectivity index (χ3v) is 8.72. The summed E-state index contributed by atoms with van der Waals surface area (Å²) in [7, 11) is -3.65. The van der Waals surface area contributed by atoms with Crippen molar-refractivity contribution in [1.82, 2.24) is 0 Å².